The van der Waals surface area contributed by atoms with Crippen LogP contribution in [0.3, 0.4) is 0 Å². The maximum Gasteiger partial charge on any atom is 0.246 e. The molecule has 1 aliphatic rings. The number of hydrogen-bond acceptors (Lipinski definition) is 2. The van der Waals surface area contributed by atoms with E-state index in [4.69, 9.17) is 0 Å². The van der Waals surface area contributed by atoms with Crippen LogP contribution in [0, 0.1) is 5.92 Å². The molecule has 2 aromatic carbocycles. The molecule has 0 aliphatic heterocycles. The Bertz CT molecular complexity index is 752. The number of carbonyl (C=O) groups excluding carboxylic acids is 2. The van der Waals surface area contributed by atoms with Crippen molar-refractivity contribution in [3.8, 4) is 0 Å². The molecule has 28 heavy (non-hydrogen) atoms. The van der Waals surface area contributed by atoms with Crippen molar-refractivity contribution in [1.29, 1.82) is 0 Å². The van der Waals surface area contributed by atoms with Crippen LogP contribution in [0.5, 0.6) is 0 Å². The van der Waals surface area contributed by atoms with Crippen LogP contribution in [0.25, 0.3) is 0 Å². The number of amides is 2. The van der Waals surface area contributed by atoms with E-state index in [0.717, 1.165) is 36.8 Å². The van der Waals surface area contributed by atoms with Crippen LogP contribution in [-0.2, 0) is 9.59 Å². The fourth-order valence-electron chi connectivity index (χ4n) is 3.63. The molecule has 3 rings (SSSR count). The SMILES string of the molecule is O=C(CCCNC(=O)C1CCCCC1)N=C(c1ccccc1)c1ccccc1. The first-order valence-electron chi connectivity index (χ1n) is 10.2. The molecule has 1 N–H and O–H groups in total. The van der Waals surface area contributed by atoms with E-state index < -0.39 is 0 Å². The predicted octanol–water partition coefficient (Wildman–Crippen LogP) is 4.53. The molecule has 1 saturated carbocycles. The highest BCUT2D eigenvalue weighted by Crippen LogP contribution is 2.23. The molecule has 0 atom stereocenters. The van der Waals surface area contributed by atoms with Gasteiger partial charge in [-0.1, -0.05) is 79.9 Å². The van der Waals surface area contributed by atoms with Gasteiger partial charge in [0.2, 0.25) is 11.8 Å². The van der Waals surface area contributed by atoms with E-state index in [-0.39, 0.29) is 17.7 Å². The van der Waals surface area contributed by atoms with Crippen molar-refractivity contribution in [3.63, 3.8) is 0 Å². The minimum absolute atomic E-state index is 0.143. The van der Waals surface area contributed by atoms with E-state index in [1.807, 2.05) is 60.7 Å². The van der Waals surface area contributed by atoms with E-state index in [2.05, 4.69) is 10.3 Å². The highest BCUT2D eigenvalue weighted by atomic mass is 16.2. The zero-order chi connectivity index (χ0) is 19.6. The van der Waals surface area contributed by atoms with Crippen LogP contribution < -0.4 is 5.32 Å². The number of nitrogens with one attached hydrogen (secondary N) is 1. The Labute approximate surface area is 167 Å². The van der Waals surface area contributed by atoms with Gasteiger partial charge >= 0.3 is 0 Å². The summed E-state index contributed by atoms with van der Waals surface area (Å²) in [7, 11) is 0. The Kier molecular flexibility index (Phi) is 7.53. The molecule has 0 unspecified atom stereocenters. The summed E-state index contributed by atoms with van der Waals surface area (Å²) in [4.78, 5) is 29.0. The normalized spacial score (nSPS) is 14.3. The van der Waals surface area contributed by atoms with E-state index in [1.165, 1.54) is 6.42 Å². The van der Waals surface area contributed by atoms with E-state index >= 15 is 0 Å². The molecular weight excluding hydrogens is 348 g/mol. The lowest BCUT2D eigenvalue weighted by molar-refractivity contribution is -0.126. The standard InChI is InChI=1S/C24H28N2O2/c27-22(17-10-18-25-24(28)21-15-8-3-9-16-21)26-23(19-11-4-1-5-12-19)20-13-6-2-7-14-20/h1-2,4-7,11-14,21H,3,8-10,15-18H2,(H,25,28). The minimum Gasteiger partial charge on any atom is -0.356 e. The van der Waals surface area contributed by atoms with Crippen LogP contribution >= 0.6 is 0 Å². The van der Waals surface area contributed by atoms with Gasteiger partial charge in [-0.25, -0.2) is 4.99 Å². The smallest absolute Gasteiger partial charge is 0.246 e. The Morgan fingerprint density at radius 3 is 2.00 bits per heavy atom. The largest absolute Gasteiger partial charge is 0.356 e. The number of aliphatic imine (C=N–C) groups is 1. The lowest BCUT2D eigenvalue weighted by Crippen LogP contribution is -2.32. The zero-order valence-corrected chi connectivity index (χ0v) is 16.3. The number of carbonyl (C=O) groups is 2. The van der Waals surface area contributed by atoms with Crippen molar-refractivity contribution in [2.45, 2.75) is 44.9 Å². The van der Waals surface area contributed by atoms with Gasteiger partial charge in [0.1, 0.15) is 0 Å². The summed E-state index contributed by atoms with van der Waals surface area (Å²) in [5, 5.41) is 2.98. The van der Waals surface area contributed by atoms with Gasteiger partial charge in [-0.05, 0) is 19.3 Å². The van der Waals surface area contributed by atoms with Crippen molar-refractivity contribution < 1.29 is 9.59 Å². The highest BCUT2D eigenvalue weighted by Gasteiger charge is 2.20. The molecule has 2 aromatic rings. The van der Waals surface area contributed by atoms with Crippen molar-refractivity contribution >= 4 is 17.5 Å². The lowest BCUT2D eigenvalue weighted by atomic mass is 9.89. The number of benzene rings is 2. The quantitative estimate of drug-likeness (QED) is 0.570. The Morgan fingerprint density at radius 1 is 0.857 bits per heavy atom. The monoisotopic (exact) mass is 376 g/mol. The highest BCUT2D eigenvalue weighted by molar-refractivity contribution is 6.16. The first-order valence-corrected chi connectivity index (χ1v) is 10.2. The predicted molar refractivity (Wildman–Crippen MR) is 112 cm³/mol. The average molecular weight is 376 g/mol. The molecule has 0 bridgehead atoms. The number of rotatable bonds is 7. The first-order chi connectivity index (χ1) is 13.7. The summed E-state index contributed by atoms with van der Waals surface area (Å²) in [6, 6.07) is 19.5. The van der Waals surface area contributed by atoms with Crippen molar-refractivity contribution in [1.82, 2.24) is 5.32 Å². The van der Waals surface area contributed by atoms with Gasteiger partial charge in [0, 0.05) is 30.0 Å². The van der Waals surface area contributed by atoms with Gasteiger partial charge in [-0.3, -0.25) is 9.59 Å². The third-order valence-corrected chi connectivity index (χ3v) is 5.17. The van der Waals surface area contributed by atoms with Crippen molar-refractivity contribution in [3.05, 3.63) is 71.8 Å². The van der Waals surface area contributed by atoms with E-state index in [9.17, 15) is 9.59 Å². The third-order valence-electron chi connectivity index (χ3n) is 5.17. The molecule has 0 saturated heterocycles. The second-order valence-electron chi connectivity index (χ2n) is 7.32. The summed E-state index contributed by atoms with van der Waals surface area (Å²) in [5.74, 6) is 0.143. The summed E-state index contributed by atoms with van der Waals surface area (Å²) in [6.45, 7) is 0.530. The van der Waals surface area contributed by atoms with Crippen molar-refractivity contribution in [2.75, 3.05) is 6.54 Å². The molecule has 146 valence electrons. The second-order valence-corrected chi connectivity index (χ2v) is 7.32. The van der Waals surface area contributed by atoms with Gasteiger partial charge in [0.15, 0.2) is 0 Å². The molecule has 2 amide bonds. The lowest BCUT2D eigenvalue weighted by Gasteiger charge is -2.20. The van der Waals surface area contributed by atoms with Gasteiger partial charge in [0.25, 0.3) is 0 Å². The van der Waals surface area contributed by atoms with Gasteiger partial charge < -0.3 is 5.32 Å². The topological polar surface area (TPSA) is 58.5 Å². The summed E-state index contributed by atoms with van der Waals surface area (Å²) < 4.78 is 0. The minimum atomic E-state index is -0.158. The number of nitrogens with zero attached hydrogens (tertiary/aromatic N) is 1. The fraction of sp³-hybridized carbons (Fsp3) is 0.375. The van der Waals surface area contributed by atoms with E-state index in [0.29, 0.717) is 25.1 Å². The zero-order valence-electron chi connectivity index (χ0n) is 16.3. The van der Waals surface area contributed by atoms with Gasteiger partial charge in [-0.2, -0.15) is 0 Å². The van der Waals surface area contributed by atoms with Crippen LogP contribution in [-0.4, -0.2) is 24.1 Å². The molecular formula is C24H28N2O2. The molecule has 0 radical (unpaired) electrons. The molecule has 1 fully saturated rings. The third kappa shape index (κ3) is 5.88. The molecule has 4 nitrogen and oxygen atoms in total. The molecule has 0 spiro atoms. The maximum atomic E-state index is 12.4. The maximum absolute atomic E-state index is 12.4. The van der Waals surface area contributed by atoms with Crippen LogP contribution in [0.15, 0.2) is 65.7 Å². The van der Waals surface area contributed by atoms with Gasteiger partial charge in [-0.15, -0.1) is 0 Å². The Hall–Kier alpha value is -2.75. The summed E-state index contributed by atoms with van der Waals surface area (Å²) in [5.41, 5.74) is 2.54. The summed E-state index contributed by atoms with van der Waals surface area (Å²) in [6.07, 6.45) is 6.45. The van der Waals surface area contributed by atoms with Crippen LogP contribution in [0.2, 0.25) is 0 Å². The second kappa shape index (κ2) is 10.5. The van der Waals surface area contributed by atoms with E-state index in [1.54, 1.807) is 0 Å². The average Bonchev–Trinajstić information content (AvgIpc) is 2.76. The van der Waals surface area contributed by atoms with Crippen LogP contribution in [0.1, 0.15) is 56.1 Å². The molecule has 1 aliphatic carbocycles. The van der Waals surface area contributed by atoms with Crippen LogP contribution in [0.4, 0.5) is 0 Å². The molecule has 0 heterocycles. The van der Waals surface area contributed by atoms with Gasteiger partial charge in [0.05, 0.1) is 5.71 Å². The molecule has 0 aromatic heterocycles. The van der Waals surface area contributed by atoms with Crippen molar-refractivity contribution in [2.24, 2.45) is 10.9 Å². The Balaban J connectivity index is 1.55. The summed E-state index contributed by atoms with van der Waals surface area (Å²) >= 11 is 0. The fourth-order valence-corrected chi connectivity index (χ4v) is 3.63. The molecule has 4 heteroatoms. The number of hydrogen-bond donors (Lipinski definition) is 1. The first kappa shape index (κ1) is 20.0. The Morgan fingerprint density at radius 2 is 1.43 bits per heavy atom.